The van der Waals surface area contributed by atoms with Crippen molar-refractivity contribution in [2.45, 2.75) is 32.2 Å². The van der Waals surface area contributed by atoms with Gasteiger partial charge in [0.1, 0.15) is 12.2 Å². The SMILES string of the molecule is O=C(N[C@@H](Cc1coc2ccccc12)B(O)O)OCc1ccc2c(c1)COC2. The molecule has 7 nitrogen and oxygen atoms in total. The number of nitrogens with one attached hydrogen (secondary N) is 1. The van der Waals surface area contributed by atoms with Crippen molar-refractivity contribution in [3.05, 3.63) is 71.0 Å². The fraction of sp³-hybridized carbons (Fsp3) is 0.250. The molecule has 28 heavy (non-hydrogen) atoms. The Morgan fingerprint density at radius 1 is 1.18 bits per heavy atom. The molecule has 0 saturated carbocycles. The van der Waals surface area contributed by atoms with Crippen LogP contribution in [0.4, 0.5) is 4.79 Å². The van der Waals surface area contributed by atoms with Crippen LogP contribution in [0.2, 0.25) is 0 Å². The molecule has 1 amide bonds. The number of benzene rings is 2. The molecule has 3 aromatic rings. The van der Waals surface area contributed by atoms with Crippen molar-refractivity contribution in [1.29, 1.82) is 0 Å². The average molecular weight is 381 g/mol. The summed E-state index contributed by atoms with van der Waals surface area (Å²) >= 11 is 0. The maximum Gasteiger partial charge on any atom is 0.475 e. The van der Waals surface area contributed by atoms with E-state index in [1.807, 2.05) is 42.5 Å². The van der Waals surface area contributed by atoms with Crippen LogP contribution in [0.3, 0.4) is 0 Å². The Kier molecular flexibility index (Phi) is 5.34. The van der Waals surface area contributed by atoms with Crippen LogP contribution in [0, 0.1) is 0 Å². The van der Waals surface area contributed by atoms with E-state index in [1.165, 1.54) is 0 Å². The van der Waals surface area contributed by atoms with Crippen LogP contribution in [-0.2, 0) is 35.7 Å². The van der Waals surface area contributed by atoms with Gasteiger partial charge >= 0.3 is 13.2 Å². The minimum atomic E-state index is -1.74. The normalized spacial score (nSPS) is 13.9. The van der Waals surface area contributed by atoms with Gasteiger partial charge in [0.2, 0.25) is 0 Å². The van der Waals surface area contributed by atoms with Gasteiger partial charge in [0.25, 0.3) is 0 Å². The smallest absolute Gasteiger partial charge is 0.464 e. The lowest BCUT2D eigenvalue weighted by molar-refractivity contribution is 0.134. The van der Waals surface area contributed by atoms with E-state index in [0.717, 1.165) is 27.6 Å². The Bertz CT molecular complexity index is 986. The van der Waals surface area contributed by atoms with Gasteiger partial charge in [-0.3, -0.25) is 0 Å². The fourth-order valence-corrected chi connectivity index (χ4v) is 3.32. The molecule has 4 rings (SSSR count). The standard InChI is InChI=1S/C20H20BNO6/c23-20(28-9-13-5-6-14-10-26-11-15(14)7-13)22-19(21(24)25)8-16-12-27-18-4-2-1-3-17(16)18/h1-7,12,19,24-25H,8-11H2,(H,22,23)/t19-/m0/s1. The number of alkyl carbamates (subject to hydrolysis) is 1. The lowest BCUT2D eigenvalue weighted by atomic mass is 9.76. The minimum Gasteiger partial charge on any atom is -0.464 e. The summed E-state index contributed by atoms with van der Waals surface area (Å²) in [6.45, 7) is 1.25. The zero-order valence-corrected chi connectivity index (χ0v) is 15.1. The summed E-state index contributed by atoms with van der Waals surface area (Å²) in [5.74, 6) is -0.929. The number of carbonyl (C=O) groups excluding carboxylic acids is 1. The van der Waals surface area contributed by atoms with Gasteiger partial charge < -0.3 is 29.3 Å². The molecule has 1 aliphatic heterocycles. The third-order valence-corrected chi connectivity index (χ3v) is 4.82. The molecule has 8 heteroatoms. The van der Waals surface area contributed by atoms with Gasteiger partial charge in [0.15, 0.2) is 0 Å². The fourth-order valence-electron chi connectivity index (χ4n) is 3.32. The number of hydrogen-bond acceptors (Lipinski definition) is 6. The molecular formula is C20H20BNO6. The van der Waals surface area contributed by atoms with Crippen molar-refractivity contribution in [3.8, 4) is 0 Å². The van der Waals surface area contributed by atoms with Gasteiger partial charge in [-0.15, -0.1) is 0 Å². The summed E-state index contributed by atoms with van der Waals surface area (Å²) in [4.78, 5) is 12.2. The first-order chi connectivity index (χ1) is 13.6. The van der Waals surface area contributed by atoms with E-state index in [0.29, 0.717) is 18.8 Å². The lowest BCUT2D eigenvalue weighted by Crippen LogP contribution is -2.48. The number of rotatable bonds is 6. The summed E-state index contributed by atoms with van der Waals surface area (Å²) in [5, 5.41) is 22.7. The van der Waals surface area contributed by atoms with Gasteiger partial charge in [-0.05, 0) is 40.8 Å². The number of carbonyl (C=O) groups is 1. The molecule has 1 aliphatic rings. The lowest BCUT2D eigenvalue weighted by Gasteiger charge is -2.17. The summed E-state index contributed by atoms with van der Waals surface area (Å²) in [6.07, 6.45) is 1.03. The molecule has 0 unspecified atom stereocenters. The van der Waals surface area contributed by atoms with E-state index in [4.69, 9.17) is 13.9 Å². The monoisotopic (exact) mass is 381 g/mol. The molecular weight excluding hydrogens is 361 g/mol. The van der Waals surface area contributed by atoms with Crippen molar-refractivity contribution in [2.75, 3.05) is 0 Å². The second-order valence-corrected chi connectivity index (χ2v) is 6.80. The zero-order chi connectivity index (χ0) is 19.5. The molecule has 3 N–H and O–H groups in total. The van der Waals surface area contributed by atoms with Crippen LogP contribution in [-0.4, -0.2) is 29.2 Å². The predicted octanol–water partition coefficient (Wildman–Crippen LogP) is 2.31. The second-order valence-electron chi connectivity index (χ2n) is 6.80. The van der Waals surface area contributed by atoms with E-state index in [-0.39, 0.29) is 13.0 Å². The van der Waals surface area contributed by atoms with E-state index in [2.05, 4.69) is 5.32 Å². The van der Waals surface area contributed by atoms with Crippen molar-refractivity contribution in [2.24, 2.45) is 0 Å². The molecule has 144 valence electrons. The number of hydrogen-bond donors (Lipinski definition) is 3. The number of fused-ring (bicyclic) bond motifs is 2. The first kappa shape index (κ1) is 18.6. The highest BCUT2D eigenvalue weighted by molar-refractivity contribution is 6.43. The Morgan fingerprint density at radius 3 is 2.86 bits per heavy atom. The topological polar surface area (TPSA) is 101 Å². The van der Waals surface area contributed by atoms with Crippen molar-refractivity contribution < 1.29 is 28.7 Å². The highest BCUT2D eigenvalue weighted by Gasteiger charge is 2.27. The first-order valence-electron chi connectivity index (χ1n) is 9.03. The maximum absolute atomic E-state index is 12.2. The van der Waals surface area contributed by atoms with Crippen molar-refractivity contribution in [3.63, 3.8) is 0 Å². The predicted molar refractivity (Wildman–Crippen MR) is 102 cm³/mol. The van der Waals surface area contributed by atoms with Crippen molar-refractivity contribution >= 4 is 24.2 Å². The van der Waals surface area contributed by atoms with E-state index in [9.17, 15) is 14.8 Å². The molecule has 2 heterocycles. The summed E-state index contributed by atoms with van der Waals surface area (Å²) < 4.78 is 16.1. The Hall–Kier alpha value is -2.81. The number of para-hydroxylation sites is 1. The largest absolute Gasteiger partial charge is 0.475 e. The van der Waals surface area contributed by atoms with Gasteiger partial charge in [-0.25, -0.2) is 4.79 Å². The Morgan fingerprint density at radius 2 is 2.00 bits per heavy atom. The van der Waals surface area contributed by atoms with Gasteiger partial charge in [-0.1, -0.05) is 30.3 Å². The van der Waals surface area contributed by atoms with Gasteiger partial charge in [0.05, 0.1) is 25.4 Å². The quantitative estimate of drug-likeness (QED) is 0.567. The van der Waals surface area contributed by atoms with E-state index in [1.54, 1.807) is 6.26 Å². The third-order valence-electron chi connectivity index (χ3n) is 4.82. The Balaban J connectivity index is 1.37. The van der Waals surface area contributed by atoms with E-state index < -0.39 is 19.2 Å². The minimum absolute atomic E-state index is 0.0853. The highest BCUT2D eigenvalue weighted by Crippen LogP contribution is 2.23. The molecule has 0 spiro atoms. The number of furan rings is 1. The maximum atomic E-state index is 12.2. The average Bonchev–Trinajstić information content (AvgIpc) is 3.32. The summed E-state index contributed by atoms with van der Waals surface area (Å²) in [6, 6.07) is 13.2. The molecule has 0 radical (unpaired) electrons. The molecule has 0 aliphatic carbocycles. The van der Waals surface area contributed by atoms with Crippen LogP contribution in [0.25, 0.3) is 11.0 Å². The van der Waals surface area contributed by atoms with Crippen LogP contribution >= 0.6 is 0 Å². The molecule has 2 aromatic carbocycles. The van der Waals surface area contributed by atoms with Crippen molar-refractivity contribution in [1.82, 2.24) is 5.32 Å². The third kappa shape index (κ3) is 4.04. The molecule has 0 saturated heterocycles. The van der Waals surface area contributed by atoms with Crippen LogP contribution < -0.4 is 5.32 Å². The zero-order valence-electron chi connectivity index (χ0n) is 15.1. The summed E-state index contributed by atoms with van der Waals surface area (Å²) in [5.41, 5.74) is 4.56. The van der Waals surface area contributed by atoms with Crippen LogP contribution in [0.1, 0.15) is 22.3 Å². The Labute approximate surface area is 162 Å². The first-order valence-corrected chi connectivity index (χ1v) is 9.03. The second kappa shape index (κ2) is 8.06. The van der Waals surface area contributed by atoms with E-state index >= 15 is 0 Å². The molecule has 1 atom stereocenters. The highest BCUT2D eigenvalue weighted by atomic mass is 16.5. The van der Waals surface area contributed by atoms with Gasteiger partial charge in [0, 0.05) is 5.39 Å². The summed E-state index contributed by atoms with van der Waals surface area (Å²) in [7, 11) is -1.74. The molecule has 0 bridgehead atoms. The van der Waals surface area contributed by atoms with Crippen LogP contribution in [0.15, 0.2) is 53.1 Å². The van der Waals surface area contributed by atoms with Crippen LogP contribution in [0.5, 0.6) is 0 Å². The van der Waals surface area contributed by atoms with Gasteiger partial charge in [-0.2, -0.15) is 0 Å². The number of amides is 1. The molecule has 0 fully saturated rings. The number of ether oxygens (including phenoxy) is 2. The molecule has 1 aromatic heterocycles.